The van der Waals surface area contributed by atoms with Crippen LogP contribution in [-0.4, -0.2) is 26.8 Å². The molecule has 1 atom stereocenters. The summed E-state index contributed by atoms with van der Waals surface area (Å²) >= 11 is 3.42. The van der Waals surface area contributed by atoms with Crippen LogP contribution in [0.2, 0.25) is 0 Å². The van der Waals surface area contributed by atoms with Crippen molar-refractivity contribution in [3.63, 3.8) is 0 Å². The van der Waals surface area contributed by atoms with Gasteiger partial charge in [0.15, 0.2) is 5.82 Å². The van der Waals surface area contributed by atoms with Gasteiger partial charge < -0.3 is 5.32 Å². The first kappa shape index (κ1) is 15.1. The standard InChI is InChI=1S/C13H17BrFN5/c1-3-6-16-12(8-13-17-19-20(2)18-13)10-5-4-9(15)7-11(10)14/h4-5,7,12,16H,3,6,8H2,1-2H3. The monoisotopic (exact) mass is 341 g/mol. The minimum absolute atomic E-state index is 0.0223. The van der Waals surface area contributed by atoms with Crippen molar-refractivity contribution >= 4 is 15.9 Å². The van der Waals surface area contributed by atoms with Crippen molar-refractivity contribution in [3.8, 4) is 0 Å². The normalized spacial score (nSPS) is 12.6. The molecule has 0 aliphatic rings. The van der Waals surface area contributed by atoms with E-state index in [-0.39, 0.29) is 11.9 Å². The molecule has 0 fully saturated rings. The lowest BCUT2D eigenvalue weighted by atomic mass is 10.0. The van der Waals surface area contributed by atoms with Crippen molar-refractivity contribution in [1.29, 1.82) is 0 Å². The van der Waals surface area contributed by atoms with E-state index in [4.69, 9.17) is 0 Å². The van der Waals surface area contributed by atoms with E-state index in [1.807, 2.05) is 0 Å². The molecule has 0 spiro atoms. The van der Waals surface area contributed by atoms with E-state index in [0.29, 0.717) is 12.2 Å². The summed E-state index contributed by atoms with van der Waals surface area (Å²) in [6.45, 7) is 2.97. The summed E-state index contributed by atoms with van der Waals surface area (Å²) in [7, 11) is 1.73. The van der Waals surface area contributed by atoms with Gasteiger partial charge in [-0.25, -0.2) is 4.39 Å². The van der Waals surface area contributed by atoms with E-state index in [1.54, 1.807) is 13.1 Å². The Morgan fingerprint density at radius 3 is 2.85 bits per heavy atom. The fourth-order valence-electron chi connectivity index (χ4n) is 1.98. The van der Waals surface area contributed by atoms with Crippen molar-refractivity contribution in [2.45, 2.75) is 25.8 Å². The quantitative estimate of drug-likeness (QED) is 0.876. The smallest absolute Gasteiger partial charge is 0.176 e. The summed E-state index contributed by atoms with van der Waals surface area (Å²) in [5, 5.41) is 15.5. The highest BCUT2D eigenvalue weighted by Crippen LogP contribution is 2.26. The Kier molecular flexibility index (Phi) is 5.19. The van der Waals surface area contributed by atoms with E-state index in [1.165, 1.54) is 16.9 Å². The molecule has 7 heteroatoms. The van der Waals surface area contributed by atoms with Gasteiger partial charge in [-0.15, -0.1) is 10.2 Å². The molecule has 0 radical (unpaired) electrons. The second-order valence-electron chi connectivity index (χ2n) is 4.57. The van der Waals surface area contributed by atoms with Gasteiger partial charge in [0.1, 0.15) is 5.82 Å². The third-order valence-corrected chi connectivity index (χ3v) is 3.60. The topological polar surface area (TPSA) is 55.6 Å². The number of rotatable bonds is 6. The van der Waals surface area contributed by atoms with Gasteiger partial charge in [-0.05, 0) is 35.9 Å². The first-order valence-corrected chi connectivity index (χ1v) is 7.30. The number of hydrogen-bond donors (Lipinski definition) is 1. The van der Waals surface area contributed by atoms with Crippen LogP contribution in [0.3, 0.4) is 0 Å². The maximum Gasteiger partial charge on any atom is 0.176 e. The Morgan fingerprint density at radius 1 is 1.45 bits per heavy atom. The van der Waals surface area contributed by atoms with Crippen LogP contribution >= 0.6 is 15.9 Å². The fraction of sp³-hybridized carbons (Fsp3) is 0.462. The van der Waals surface area contributed by atoms with Crippen LogP contribution in [0.25, 0.3) is 0 Å². The van der Waals surface area contributed by atoms with Crippen molar-refractivity contribution in [2.24, 2.45) is 7.05 Å². The summed E-state index contributed by atoms with van der Waals surface area (Å²) < 4.78 is 14.0. The number of nitrogens with zero attached hydrogens (tertiary/aromatic N) is 4. The SMILES string of the molecule is CCCNC(Cc1nnn(C)n1)c1ccc(F)cc1Br. The highest BCUT2D eigenvalue weighted by molar-refractivity contribution is 9.10. The van der Waals surface area contributed by atoms with Gasteiger partial charge in [0, 0.05) is 16.9 Å². The molecule has 1 heterocycles. The Labute approximate surface area is 125 Å². The Balaban J connectivity index is 2.22. The largest absolute Gasteiger partial charge is 0.310 e. The molecule has 20 heavy (non-hydrogen) atoms. The minimum Gasteiger partial charge on any atom is -0.310 e. The maximum absolute atomic E-state index is 13.2. The van der Waals surface area contributed by atoms with Gasteiger partial charge >= 0.3 is 0 Å². The molecule has 0 aliphatic heterocycles. The lowest BCUT2D eigenvalue weighted by Gasteiger charge is -2.19. The van der Waals surface area contributed by atoms with E-state index < -0.39 is 0 Å². The fourth-order valence-corrected chi connectivity index (χ4v) is 2.61. The lowest BCUT2D eigenvalue weighted by Crippen LogP contribution is -2.25. The van der Waals surface area contributed by atoms with E-state index in [0.717, 1.165) is 23.0 Å². The van der Waals surface area contributed by atoms with Gasteiger partial charge in [0.2, 0.25) is 0 Å². The first-order valence-electron chi connectivity index (χ1n) is 6.51. The molecule has 0 bridgehead atoms. The predicted octanol–water partition coefficient (Wildman–Crippen LogP) is 2.40. The molecule has 108 valence electrons. The molecule has 0 saturated carbocycles. The first-order chi connectivity index (χ1) is 9.60. The zero-order chi connectivity index (χ0) is 14.5. The molecule has 2 aromatic rings. The molecular weight excluding hydrogens is 325 g/mol. The zero-order valence-corrected chi connectivity index (χ0v) is 13.1. The van der Waals surface area contributed by atoms with Crippen LogP contribution in [-0.2, 0) is 13.5 Å². The Hall–Kier alpha value is -1.34. The molecular formula is C13H17BrFN5. The van der Waals surface area contributed by atoms with Crippen molar-refractivity contribution in [3.05, 3.63) is 39.9 Å². The highest BCUT2D eigenvalue weighted by atomic mass is 79.9. The van der Waals surface area contributed by atoms with E-state index >= 15 is 0 Å². The Bertz CT molecular complexity index is 572. The van der Waals surface area contributed by atoms with E-state index in [9.17, 15) is 4.39 Å². The molecule has 5 nitrogen and oxygen atoms in total. The molecule has 0 amide bonds. The van der Waals surface area contributed by atoms with Crippen molar-refractivity contribution in [2.75, 3.05) is 6.54 Å². The summed E-state index contributed by atoms with van der Waals surface area (Å²) in [4.78, 5) is 1.44. The molecule has 1 unspecified atom stereocenters. The number of aryl methyl sites for hydroxylation is 1. The van der Waals surface area contributed by atoms with Crippen LogP contribution < -0.4 is 5.32 Å². The maximum atomic E-state index is 13.2. The van der Waals surface area contributed by atoms with Gasteiger partial charge in [-0.2, -0.15) is 4.80 Å². The molecule has 0 saturated heterocycles. The second-order valence-corrected chi connectivity index (χ2v) is 5.43. The van der Waals surface area contributed by atoms with Crippen LogP contribution in [0.4, 0.5) is 4.39 Å². The van der Waals surface area contributed by atoms with Gasteiger partial charge in [0.05, 0.1) is 7.05 Å². The number of benzene rings is 1. The summed E-state index contributed by atoms with van der Waals surface area (Å²) in [6.07, 6.45) is 1.63. The molecule has 0 aliphatic carbocycles. The van der Waals surface area contributed by atoms with Crippen molar-refractivity contribution in [1.82, 2.24) is 25.5 Å². The van der Waals surface area contributed by atoms with E-state index in [2.05, 4.69) is 43.6 Å². The van der Waals surface area contributed by atoms with Crippen LogP contribution in [0.5, 0.6) is 0 Å². The van der Waals surface area contributed by atoms with Gasteiger partial charge in [-0.1, -0.05) is 28.9 Å². The third kappa shape index (κ3) is 3.83. The number of tetrazole rings is 1. The highest BCUT2D eigenvalue weighted by Gasteiger charge is 2.17. The van der Waals surface area contributed by atoms with Crippen LogP contribution in [0.1, 0.15) is 30.8 Å². The summed E-state index contributed by atoms with van der Waals surface area (Å²) in [6, 6.07) is 4.74. The minimum atomic E-state index is -0.257. The summed E-state index contributed by atoms with van der Waals surface area (Å²) in [5.74, 6) is 0.407. The molecule has 1 aromatic heterocycles. The number of aromatic nitrogens is 4. The predicted molar refractivity (Wildman–Crippen MR) is 77.6 cm³/mol. The van der Waals surface area contributed by atoms with Gasteiger partial charge in [-0.3, -0.25) is 0 Å². The number of halogens is 2. The lowest BCUT2D eigenvalue weighted by molar-refractivity contribution is 0.513. The molecule has 1 N–H and O–H groups in total. The molecule has 2 rings (SSSR count). The van der Waals surface area contributed by atoms with Gasteiger partial charge in [0.25, 0.3) is 0 Å². The Morgan fingerprint density at radius 2 is 2.25 bits per heavy atom. The number of nitrogens with one attached hydrogen (secondary N) is 1. The molecule has 1 aromatic carbocycles. The number of hydrogen-bond acceptors (Lipinski definition) is 4. The van der Waals surface area contributed by atoms with Crippen LogP contribution in [0, 0.1) is 5.82 Å². The average molecular weight is 342 g/mol. The zero-order valence-electron chi connectivity index (χ0n) is 11.5. The van der Waals surface area contributed by atoms with Crippen LogP contribution in [0.15, 0.2) is 22.7 Å². The summed E-state index contributed by atoms with van der Waals surface area (Å²) in [5.41, 5.74) is 0.993. The van der Waals surface area contributed by atoms with Crippen molar-refractivity contribution < 1.29 is 4.39 Å². The third-order valence-electron chi connectivity index (χ3n) is 2.92. The average Bonchev–Trinajstić information content (AvgIpc) is 2.80. The second kappa shape index (κ2) is 6.90.